The molecule has 1 rings (SSSR count). The zero-order valence-electron chi connectivity index (χ0n) is 10.3. The monoisotopic (exact) mass is 224 g/mol. The van der Waals surface area contributed by atoms with Gasteiger partial charge in [-0.25, -0.2) is 4.39 Å². The molecule has 0 aliphatic heterocycles. The normalized spacial score (nSPS) is 14.8. The van der Waals surface area contributed by atoms with Gasteiger partial charge in [0.2, 0.25) is 0 Å². The fraction of sp³-hybridized carbons (Fsp3) is 0.538. The van der Waals surface area contributed by atoms with Crippen LogP contribution in [-0.4, -0.2) is 13.6 Å². The molecule has 0 aliphatic rings. The van der Waals surface area contributed by atoms with E-state index in [4.69, 9.17) is 5.73 Å². The second kappa shape index (κ2) is 5.97. The summed E-state index contributed by atoms with van der Waals surface area (Å²) < 4.78 is 13.2. The lowest BCUT2D eigenvalue weighted by Crippen LogP contribution is -2.30. The predicted octanol–water partition coefficient (Wildman–Crippen LogP) is 2.38. The lowest BCUT2D eigenvalue weighted by Gasteiger charge is -2.25. The molecule has 0 bridgehead atoms. The molecule has 2 unspecified atom stereocenters. The van der Waals surface area contributed by atoms with Crippen LogP contribution < -0.4 is 11.1 Å². The largest absolute Gasteiger partial charge is 0.330 e. The third-order valence-corrected chi connectivity index (χ3v) is 3.15. The van der Waals surface area contributed by atoms with Gasteiger partial charge in [0.25, 0.3) is 0 Å². The van der Waals surface area contributed by atoms with Crippen molar-refractivity contribution in [1.29, 1.82) is 0 Å². The Kier molecular flexibility index (Phi) is 4.90. The second-order valence-corrected chi connectivity index (χ2v) is 4.18. The number of halogens is 1. The van der Waals surface area contributed by atoms with Gasteiger partial charge in [-0.1, -0.05) is 25.5 Å². The van der Waals surface area contributed by atoms with Crippen molar-refractivity contribution in [2.75, 3.05) is 13.6 Å². The number of nitrogens with one attached hydrogen (secondary N) is 1. The Morgan fingerprint density at radius 2 is 2.12 bits per heavy atom. The standard InChI is InChI=1S/C13H21FN2/c1-4-10(8-15)13(16-3)11-5-6-12(14)9(2)7-11/h5-7,10,13,16H,4,8,15H2,1-3H3. The first-order valence-electron chi connectivity index (χ1n) is 5.77. The van der Waals surface area contributed by atoms with E-state index in [0.29, 0.717) is 18.0 Å². The van der Waals surface area contributed by atoms with Gasteiger partial charge in [-0.3, -0.25) is 0 Å². The van der Waals surface area contributed by atoms with Crippen molar-refractivity contribution in [1.82, 2.24) is 5.32 Å². The minimum atomic E-state index is -0.153. The molecule has 0 spiro atoms. The Morgan fingerprint density at radius 1 is 1.44 bits per heavy atom. The van der Waals surface area contributed by atoms with Crippen molar-refractivity contribution in [3.63, 3.8) is 0 Å². The van der Waals surface area contributed by atoms with Crippen molar-refractivity contribution in [3.8, 4) is 0 Å². The molecular formula is C13H21FN2. The van der Waals surface area contributed by atoms with Gasteiger partial charge < -0.3 is 11.1 Å². The van der Waals surface area contributed by atoms with E-state index in [0.717, 1.165) is 12.0 Å². The molecule has 0 amide bonds. The quantitative estimate of drug-likeness (QED) is 0.806. The fourth-order valence-corrected chi connectivity index (χ4v) is 2.07. The van der Waals surface area contributed by atoms with E-state index < -0.39 is 0 Å². The lowest BCUT2D eigenvalue weighted by molar-refractivity contribution is 0.378. The SMILES string of the molecule is CCC(CN)C(NC)c1ccc(F)c(C)c1. The van der Waals surface area contributed by atoms with Crippen LogP contribution in [0.15, 0.2) is 18.2 Å². The van der Waals surface area contributed by atoms with Crippen molar-refractivity contribution in [2.45, 2.75) is 26.3 Å². The highest BCUT2D eigenvalue weighted by Gasteiger charge is 2.19. The molecule has 3 N–H and O–H groups in total. The summed E-state index contributed by atoms with van der Waals surface area (Å²) in [5.74, 6) is 0.231. The summed E-state index contributed by atoms with van der Waals surface area (Å²) in [5, 5.41) is 3.26. The minimum absolute atomic E-state index is 0.153. The van der Waals surface area contributed by atoms with Crippen LogP contribution in [0.25, 0.3) is 0 Å². The summed E-state index contributed by atoms with van der Waals surface area (Å²) in [4.78, 5) is 0. The molecule has 0 radical (unpaired) electrons. The molecule has 0 aromatic heterocycles. The lowest BCUT2D eigenvalue weighted by atomic mass is 9.90. The zero-order valence-corrected chi connectivity index (χ0v) is 10.3. The molecule has 2 nitrogen and oxygen atoms in total. The van der Waals surface area contributed by atoms with Gasteiger partial charge in [0.15, 0.2) is 0 Å². The maximum absolute atomic E-state index is 13.2. The van der Waals surface area contributed by atoms with Crippen LogP contribution in [0.1, 0.15) is 30.5 Å². The minimum Gasteiger partial charge on any atom is -0.330 e. The first kappa shape index (κ1) is 13.1. The van der Waals surface area contributed by atoms with E-state index in [1.807, 2.05) is 19.2 Å². The summed E-state index contributed by atoms with van der Waals surface area (Å²) in [6, 6.07) is 5.46. The topological polar surface area (TPSA) is 38.0 Å². The number of benzene rings is 1. The highest BCUT2D eigenvalue weighted by molar-refractivity contribution is 5.27. The van der Waals surface area contributed by atoms with Crippen molar-refractivity contribution < 1.29 is 4.39 Å². The van der Waals surface area contributed by atoms with Crippen LogP contribution in [0.4, 0.5) is 4.39 Å². The van der Waals surface area contributed by atoms with E-state index >= 15 is 0 Å². The number of nitrogens with two attached hydrogens (primary N) is 1. The van der Waals surface area contributed by atoms with Crippen LogP contribution in [-0.2, 0) is 0 Å². The summed E-state index contributed by atoms with van der Waals surface area (Å²) in [5.41, 5.74) is 7.55. The van der Waals surface area contributed by atoms with E-state index in [9.17, 15) is 4.39 Å². The fourth-order valence-electron chi connectivity index (χ4n) is 2.07. The summed E-state index contributed by atoms with van der Waals surface area (Å²) in [6.07, 6.45) is 1.01. The second-order valence-electron chi connectivity index (χ2n) is 4.18. The third-order valence-electron chi connectivity index (χ3n) is 3.15. The molecule has 90 valence electrons. The third kappa shape index (κ3) is 2.80. The molecule has 2 atom stereocenters. The van der Waals surface area contributed by atoms with Gasteiger partial charge in [-0.15, -0.1) is 0 Å². The van der Waals surface area contributed by atoms with Crippen LogP contribution >= 0.6 is 0 Å². The Balaban J connectivity index is 2.98. The molecule has 0 fully saturated rings. The van der Waals surface area contributed by atoms with Crippen LogP contribution in [0.2, 0.25) is 0 Å². The van der Waals surface area contributed by atoms with E-state index in [1.54, 1.807) is 6.92 Å². The molecule has 3 heteroatoms. The smallest absolute Gasteiger partial charge is 0.126 e. The van der Waals surface area contributed by atoms with Crippen molar-refractivity contribution in [3.05, 3.63) is 35.1 Å². The number of hydrogen-bond acceptors (Lipinski definition) is 2. The zero-order chi connectivity index (χ0) is 12.1. The summed E-state index contributed by atoms with van der Waals surface area (Å²) in [6.45, 7) is 4.55. The predicted molar refractivity (Wildman–Crippen MR) is 65.8 cm³/mol. The molecular weight excluding hydrogens is 203 g/mol. The molecule has 0 aliphatic carbocycles. The van der Waals surface area contributed by atoms with Crippen LogP contribution in [0.5, 0.6) is 0 Å². The Morgan fingerprint density at radius 3 is 2.56 bits per heavy atom. The van der Waals surface area contributed by atoms with Gasteiger partial charge in [-0.05, 0) is 43.6 Å². The Hall–Kier alpha value is -0.930. The maximum atomic E-state index is 13.2. The molecule has 0 saturated carbocycles. The average molecular weight is 224 g/mol. The Labute approximate surface area is 97.0 Å². The molecule has 16 heavy (non-hydrogen) atoms. The van der Waals surface area contributed by atoms with Crippen molar-refractivity contribution in [2.24, 2.45) is 11.7 Å². The van der Waals surface area contributed by atoms with Gasteiger partial charge in [0, 0.05) is 6.04 Å². The highest BCUT2D eigenvalue weighted by atomic mass is 19.1. The summed E-state index contributed by atoms with van der Waals surface area (Å²) in [7, 11) is 1.92. The number of rotatable bonds is 5. The van der Waals surface area contributed by atoms with Gasteiger partial charge in [-0.2, -0.15) is 0 Å². The number of aryl methyl sites for hydroxylation is 1. The first-order chi connectivity index (χ1) is 7.63. The van der Waals surface area contributed by atoms with E-state index in [2.05, 4.69) is 12.2 Å². The molecule has 1 aromatic carbocycles. The van der Waals surface area contributed by atoms with E-state index in [-0.39, 0.29) is 11.9 Å². The van der Waals surface area contributed by atoms with Gasteiger partial charge in [0.1, 0.15) is 5.82 Å². The van der Waals surface area contributed by atoms with Crippen LogP contribution in [0.3, 0.4) is 0 Å². The molecule has 0 heterocycles. The number of hydrogen-bond donors (Lipinski definition) is 2. The molecule has 1 aromatic rings. The van der Waals surface area contributed by atoms with Crippen molar-refractivity contribution >= 4 is 0 Å². The Bertz CT molecular complexity index is 335. The van der Waals surface area contributed by atoms with Gasteiger partial charge >= 0.3 is 0 Å². The highest BCUT2D eigenvalue weighted by Crippen LogP contribution is 2.25. The summed E-state index contributed by atoms with van der Waals surface area (Å²) >= 11 is 0. The molecule has 0 saturated heterocycles. The first-order valence-corrected chi connectivity index (χ1v) is 5.77. The average Bonchev–Trinajstić information content (AvgIpc) is 2.29. The van der Waals surface area contributed by atoms with E-state index in [1.165, 1.54) is 6.07 Å². The van der Waals surface area contributed by atoms with Gasteiger partial charge in [0.05, 0.1) is 0 Å². The van der Waals surface area contributed by atoms with Crippen LogP contribution in [0, 0.1) is 18.7 Å². The maximum Gasteiger partial charge on any atom is 0.126 e.